The van der Waals surface area contributed by atoms with Crippen LogP contribution in [0.2, 0.25) is 5.02 Å². The predicted octanol–water partition coefficient (Wildman–Crippen LogP) is 5.27. The van der Waals surface area contributed by atoms with Crippen LogP contribution in [0.1, 0.15) is 40.1 Å². The maximum atomic E-state index is 13.4. The summed E-state index contributed by atoms with van der Waals surface area (Å²) in [6, 6.07) is 19.0. The highest BCUT2D eigenvalue weighted by Gasteiger charge is 2.42. The van der Waals surface area contributed by atoms with Crippen molar-refractivity contribution in [2.75, 3.05) is 6.61 Å². The maximum Gasteiger partial charge on any atom is 0.273 e. The first-order valence-electron chi connectivity index (χ1n) is 10.4. The molecule has 0 spiro atoms. The van der Waals surface area contributed by atoms with Gasteiger partial charge in [0.1, 0.15) is 11.4 Å². The van der Waals surface area contributed by atoms with Gasteiger partial charge in [-0.2, -0.15) is 5.10 Å². The molecule has 3 heterocycles. The highest BCUT2D eigenvalue weighted by molar-refractivity contribution is 6.30. The van der Waals surface area contributed by atoms with Gasteiger partial charge in [0.2, 0.25) is 0 Å². The van der Waals surface area contributed by atoms with E-state index < -0.39 is 0 Å². The molecule has 4 aromatic rings. The quantitative estimate of drug-likeness (QED) is 0.439. The number of benzene rings is 2. The molecule has 1 amide bonds. The third kappa shape index (κ3) is 3.63. The van der Waals surface area contributed by atoms with E-state index in [4.69, 9.17) is 16.3 Å². The number of fused-ring (bicyclic) bond motifs is 1. The lowest BCUT2D eigenvalue weighted by Gasteiger charge is -2.26. The topological polar surface area (TPSA) is 71.1 Å². The molecule has 160 valence electrons. The van der Waals surface area contributed by atoms with Crippen molar-refractivity contribution in [3.63, 3.8) is 0 Å². The van der Waals surface area contributed by atoms with E-state index in [-0.39, 0.29) is 11.9 Å². The van der Waals surface area contributed by atoms with E-state index in [1.807, 2.05) is 72.5 Å². The molecule has 6 nitrogen and oxygen atoms in total. The molecule has 0 radical (unpaired) electrons. The molecule has 1 aliphatic heterocycles. The zero-order valence-corrected chi connectivity index (χ0v) is 18.2. The highest BCUT2D eigenvalue weighted by Crippen LogP contribution is 2.43. The number of hydrogen-bond donors (Lipinski definition) is 1. The van der Waals surface area contributed by atoms with E-state index in [2.05, 4.69) is 15.2 Å². The Morgan fingerprint density at radius 1 is 1.03 bits per heavy atom. The molecule has 1 aliphatic rings. The van der Waals surface area contributed by atoms with Crippen LogP contribution in [0.5, 0.6) is 5.75 Å². The van der Waals surface area contributed by atoms with E-state index in [0.717, 1.165) is 33.7 Å². The monoisotopic (exact) mass is 444 g/mol. The van der Waals surface area contributed by atoms with E-state index in [9.17, 15) is 4.79 Å². The number of rotatable bonds is 6. The van der Waals surface area contributed by atoms with Crippen LogP contribution in [0.25, 0.3) is 11.3 Å². The molecule has 0 bridgehead atoms. The molecular weight excluding hydrogens is 424 g/mol. The van der Waals surface area contributed by atoms with Crippen LogP contribution in [0.4, 0.5) is 0 Å². The predicted molar refractivity (Wildman–Crippen MR) is 123 cm³/mol. The molecule has 2 aromatic heterocycles. The van der Waals surface area contributed by atoms with Gasteiger partial charge in [-0.1, -0.05) is 35.9 Å². The Hall–Kier alpha value is -3.64. The van der Waals surface area contributed by atoms with Crippen molar-refractivity contribution in [3.05, 3.63) is 100 Å². The van der Waals surface area contributed by atoms with Crippen LogP contribution >= 0.6 is 11.6 Å². The van der Waals surface area contributed by atoms with E-state index in [1.54, 1.807) is 12.4 Å². The lowest BCUT2D eigenvalue weighted by atomic mass is 9.96. The number of carbonyl (C=O) groups excluding carboxylic acids is 1. The van der Waals surface area contributed by atoms with Gasteiger partial charge in [-0.15, -0.1) is 0 Å². The van der Waals surface area contributed by atoms with Gasteiger partial charge in [0, 0.05) is 35.1 Å². The second-order valence-electron chi connectivity index (χ2n) is 7.56. The number of pyridine rings is 1. The average molecular weight is 445 g/mol. The van der Waals surface area contributed by atoms with Gasteiger partial charge in [-0.05, 0) is 54.4 Å². The van der Waals surface area contributed by atoms with Gasteiger partial charge in [-0.25, -0.2) is 0 Å². The van der Waals surface area contributed by atoms with Crippen molar-refractivity contribution in [1.82, 2.24) is 20.1 Å². The fraction of sp³-hybridized carbons (Fsp3) is 0.160. The summed E-state index contributed by atoms with van der Waals surface area (Å²) in [6.07, 6.45) is 3.48. The molecule has 0 saturated carbocycles. The van der Waals surface area contributed by atoms with Crippen LogP contribution in [0, 0.1) is 0 Å². The molecule has 7 heteroatoms. The summed E-state index contributed by atoms with van der Waals surface area (Å²) in [6.45, 7) is 3.01. The van der Waals surface area contributed by atoms with Gasteiger partial charge >= 0.3 is 0 Å². The second-order valence-corrected chi connectivity index (χ2v) is 8.00. The largest absolute Gasteiger partial charge is 0.494 e. The Morgan fingerprint density at radius 3 is 2.44 bits per heavy atom. The molecule has 1 atom stereocenters. The summed E-state index contributed by atoms with van der Waals surface area (Å²) >= 11 is 6.08. The summed E-state index contributed by atoms with van der Waals surface area (Å²) in [5.41, 5.74) is 5.04. The molecule has 1 N–H and O–H groups in total. The number of halogens is 1. The molecular formula is C25H21ClN4O2. The van der Waals surface area contributed by atoms with Crippen molar-refractivity contribution in [3.8, 4) is 17.0 Å². The standard InChI is InChI=1S/C25H21ClN4O2/c1-2-32-20-9-5-18(6-10-20)24-21-22(17-3-7-19(26)8-4-17)28-29-23(21)25(31)30(24)15-16-11-13-27-14-12-16/h3-14,24H,2,15H2,1H3,(H,28,29). The molecule has 0 aliphatic carbocycles. The minimum Gasteiger partial charge on any atom is -0.494 e. The van der Waals surface area contributed by atoms with E-state index >= 15 is 0 Å². The fourth-order valence-electron chi connectivity index (χ4n) is 4.13. The van der Waals surface area contributed by atoms with Crippen LogP contribution in [-0.4, -0.2) is 32.6 Å². The highest BCUT2D eigenvalue weighted by atomic mass is 35.5. The Labute approximate surface area is 190 Å². The summed E-state index contributed by atoms with van der Waals surface area (Å²) in [5, 5.41) is 8.14. The fourth-order valence-corrected chi connectivity index (χ4v) is 4.26. The maximum absolute atomic E-state index is 13.4. The number of aromatic nitrogens is 3. The number of aromatic amines is 1. The number of amides is 1. The summed E-state index contributed by atoms with van der Waals surface area (Å²) in [5.74, 6) is 0.718. The molecule has 1 unspecified atom stereocenters. The SMILES string of the molecule is CCOc1ccc(C2c3c(-c4ccc(Cl)cc4)n[nH]c3C(=O)N2Cc2ccncc2)cc1. The zero-order chi connectivity index (χ0) is 22.1. The average Bonchev–Trinajstić information content (AvgIpc) is 3.35. The number of ether oxygens (including phenoxy) is 1. The summed E-state index contributed by atoms with van der Waals surface area (Å²) in [4.78, 5) is 19.4. The molecule has 32 heavy (non-hydrogen) atoms. The Bertz CT molecular complexity index is 1240. The first kappa shape index (κ1) is 20.3. The van der Waals surface area contributed by atoms with Crippen LogP contribution in [0.3, 0.4) is 0 Å². The molecule has 0 saturated heterocycles. The number of hydrogen-bond acceptors (Lipinski definition) is 4. The summed E-state index contributed by atoms with van der Waals surface area (Å²) < 4.78 is 5.61. The van der Waals surface area contributed by atoms with Crippen molar-refractivity contribution >= 4 is 17.5 Å². The smallest absolute Gasteiger partial charge is 0.273 e. The minimum atomic E-state index is -0.286. The second kappa shape index (κ2) is 8.48. The van der Waals surface area contributed by atoms with Gasteiger partial charge < -0.3 is 9.64 Å². The molecule has 5 rings (SSSR count). The van der Waals surface area contributed by atoms with Gasteiger partial charge in [-0.3, -0.25) is 14.9 Å². The van der Waals surface area contributed by atoms with Gasteiger partial charge in [0.25, 0.3) is 5.91 Å². The minimum absolute atomic E-state index is 0.0802. The summed E-state index contributed by atoms with van der Waals surface area (Å²) in [7, 11) is 0. The number of nitrogens with one attached hydrogen (secondary N) is 1. The van der Waals surface area contributed by atoms with Crippen LogP contribution in [-0.2, 0) is 6.54 Å². The Kier molecular flexibility index (Phi) is 5.37. The zero-order valence-electron chi connectivity index (χ0n) is 17.5. The first-order valence-corrected chi connectivity index (χ1v) is 10.8. The van der Waals surface area contributed by atoms with Crippen LogP contribution < -0.4 is 4.74 Å². The Balaban J connectivity index is 1.61. The van der Waals surface area contributed by atoms with Gasteiger partial charge in [0.15, 0.2) is 0 Å². The van der Waals surface area contributed by atoms with Crippen LogP contribution in [0.15, 0.2) is 73.1 Å². The lowest BCUT2D eigenvalue weighted by molar-refractivity contribution is 0.0730. The first-order chi connectivity index (χ1) is 15.7. The van der Waals surface area contributed by atoms with Crippen molar-refractivity contribution < 1.29 is 9.53 Å². The van der Waals surface area contributed by atoms with Crippen molar-refractivity contribution in [2.45, 2.75) is 19.5 Å². The van der Waals surface area contributed by atoms with Crippen molar-refractivity contribution in [1.29, 1.82) is 0 Å². The van der Waals surface area contributed by atoms with Gasteiger partial charge in [0.05, 0.1) is 18.3 Å². The van der Waals surface area contributed by atoms with Crippen molar-refractivity contribution in [2.24, 2.45) is 0 Å². The lowest BCUT2D eigenvalue weighted by Crippen LogP contribution is -2.29. The molecule has 2 aromatic carbocycles. The number of nitrogens with zero attached hydrogens (tertiary/aromatic N) is 3. The molecule has 0 fully saturated rings. The third-order valence-corrected chi connectivity index (χ3v) is 5.84. The number of carbonyl (C=O) groups is 1. The van der Waals surface area contributed by atoms with E-state index in [1.165, 1.54) is 0 Å². The normalized spacial score (nSPS) is 15.1. The third-order valence-electron chi connectivity index (χ3n) is 5.59. The van der Waals surface area contributed by atoms with E-state index in [0.29, 0.717) is 23.9 Å². The number of H-pyrrole nitrogens is 1. The Morgan fingerprint density at radius 2 is 1.75 bits per heavy atom.